The molecule has 1 fully saturated rings. The lowest BCUT2D eigenvalue weighted by Gasteiger charge is -2.39. The summed E-state index contributed by atoms with van der Waals surface area (Å²) in [6, 6.07) is 8.21. The van der Waals surface area contributed by atoms with Crippen LogP contribution >= 0.6 is 0 Å². The number of piperidine rings is 1. The first-order chi connectivity index (χ1) is 9.99. The van der Waals surface area contributed by atoms with Crippen molar-refractivity contribution in [3.63, 3.8) is 0 Å². The summed E-state index contributed by atoms with van der Waals surface area (Å²) in [5, 5.41) is 13.1. The van der Waals surface area contributed by atoms with Crippen LogP contribution in [0, 0.1) is 6.92 Å². The van der Waals surface area contributed by atoms with Gasteiger partial charge in [0.2, 0.25) is 0 Å². The first kappa shape index (κ1) is 15.8. The van der Waals surface area contributed by atoms with E-state index in [1.165, 1.54) is 6.42 Å². The van der Waals surface area contributed by atoms with Gasteiger partial charge in [-0.15, -0.1) is 0 Å². The number of aliphatic hydroxyl groups excluding tert-OH is 1. The normalized spacial score (nSPS) is 23.7. The lowest BCUT2D eigenvalue weighted by Crippen LogP contribution is -2.52. The van der Waals surface area contributed by atoms with Gasteiger partial charge >= 0.3 is 6.03 Å². The van der Waals surface area contributed by atoms with Crippen molar-refractivity contribution < 1.29 is 9.90 Å². The Hall–Kier alpha value is -1.55. The molecule has 0 spiro atoms. The first-order valence-corrected chi connectivity index (χ1v) is 7.80. The van der Waals surface area contributed by atoms with Crippen LogP contribution in [0.15, 0.2) is 24.3 Å². The summed E-state index contributed by atoms with van der Waals surface area (Å²) in [5.74, 6) is 0. The zero-order valence-corrected chi connectivity index (χ0v) is 13.2. The molecule has 3 unspecified atom stereocenters. The second-order valence-electron chi connectivity index (χ2n) is 6.15. The molecule has 2 N–H and O–H groups in total. The van der Waals surface area contributed by atoms with Crippen molar-refractivity contribution in [3.05, 3.63) is 35.4 Å². The predicted molar refractivity (Wildman–Crippen MR) is 84.2 cm³/mol. The van der Waals surface area contributed by atoms with Crippen molar-refractivity contribution in [2.45, 2.75) is 58.2 Å². The second-order valence-corrected chi connectivity index (χ2v) is 6.15. The van der Waals surface area contributed by atoms with Gasteiger partial charge in [0.15, 0.2) is 0 Å². The van der Waals surface area contributed by atoms with Gasteiger partial charge in [-0.3, -0.25) is 0 Å². The molecule has 0 aliphatic carbocycles. The highest BCUT2D eigenvalue weighted by Crippen LogP contribution is 2.22. The van der Waals surface area contributed by atoms with Gasteiger partial charge in [0.1, 0.15) is 0 Å². The third-order valence-corrected chi connectivity index (χ3v) is 4.30. The average molecular weight is 290 g/mol. The molecule has 21 heavy (non-hydrogen) atoms. The number of likely N-dealkylation sites (tertiary alicyclic amines) is 1. The second kappa shape index (κ2) is 6.94. The fourth-order valence-corrected chi connectivity index (χ4v) is 3.09. The predicted octanol–water partition coefficient (Wildman–Crippen LogP) is 3.00. The number of nitrogens with zero attached hydrogens (tertiary/aromatic N) is 1. The van der Waals surface area contributed by atoms with Gasteiger partial charge in [0, 0.05) is 18.6 Å². The molecule has 0 radical (unpaired) electrons. The smallest absolute Gasteiger partial charge is 0.317 e. The Morgan fingerprint density at radius 2 is 2.05 bits per heavy atom. The van der Waals surface area contributed by atoms with Crippen molar-refractivity contribution >= 4 is 6.03 Å². The summed E-state index contributed by atoms with van der Waals surface area (Å²) in [5.41, 5.74) is 1.95. The molecule has 0 aromatic heterocycles. The van der Waals surface area contributed by atoms with E-state index < -0.39 is 6.10 Å². The maximum atomic E-state index is 12.3. The Labute approximate surface area is 127 Å². The fourth-order valence-electron chi connectivity index (χ4n) is 3.09. The van der Waals surface area contributed by atoms with Crippen molar-refractivity contribution in [1.29, 1.82) is 0 Å². The maximum absolute atomic E-state index is 12.3. The van der Waals surface area contributed by atoms with E-state index in [2.05, 4.69) is 19.2 Å². The van der Waals surface area contributed by atoms with Crippen molar-refractivity contribution in [3.8, 4) is 0 Å². The lowest BCUT2D eigenvalue weighted by atomic mass is 9.98. The van der Waals surface area contributed by atoms with Gasteiger partial charge < -0.3 is 15.3 Å². The highest BCUT2D eigenvalue weighted by atomic mass is 16.3. The zero-order valence-electron chi connectivity index (χ0n) is 13.2. The number of carbonyl (C=O) groups is 1. The molecule has 1 heterocycles. The molecule has 1 aromatic rings. The molecule has 1 aliphatic rings. The third kappa shape index (κ3) is 3.97. The Morgan fingerprint density at radius 3 is 2.67 bits per heavy atom. The number of hydrogen-bond acceptors (Lipinski definition) is 2. The molecule has 0 bridgehead atoms. The molecule has 4 nitrogen and oxygen atoms in total. The topological polar surface area (TPSA) is 52.6 Å². The fraction of sp³-hybridized carbons (Fsp3) is 0.588. The number of carbonyl (C=O) groups excluding carboxylic acids is 1. The number of urea groups is 1. The van der Waals surface area contributed by atoms with E-state index in [0.29, 0.717) is 0 Å². The minimum Gasteiger partial charge on any atom is -0.387 e. The van der Waals surface area contributed by atoms with Crippen LogP contribution in [0.1, 0.15) is 50.3 Å². The third-order valence-electron chi connectivity index (χ3n) is 4.30. The van der Waals surface area contributed by atoms with Crippen LogP contribution in [0.25, 0.3) is 0 Å². The van der Waals surface area contributed by atoms with Crippen LogP contribution in [-0.4, -0.2) is 34.7 Å². The summed E-state index contributed by atoms with van der Waals surface area (Å²) >= 11 is 0. The van der Waals surface area contributed by atoms with E-state index in [9.17, 15) is 9.90 Å². The number of aryl methyl sites for hydroxylation is 1. The van der Waals surface area contributed by atoms with Crippen LogP contribution in [0.4, 0.5) is 4.79 Å². The average Bonchev–Trinajstić information content (AvgIpc) is 2.44. The number of rotatable bonds is 3. The standard InChI is InChI=1S/C17H26N2O2/c1-12-6-4-9-15(10-12)16(20)11-18-17(21)19-13(2)7-5-8-14(19)3/h4,6,9-10,13-14,16,20H,5,7-8,11H2,1-3H3,(H,18,21). The van der Waals surface area contributed by atoms with E-state index in [0.717, 1.165) is 24.0 Å². The van der Waals surface area contributed by atoms with Crippen LogP contribution in [0.2, 0.25) is 0 Å². The van der Waals surface area contributed by atoms with E-state index in [-0.39, 0.29) is 24.7 Å². The quantitative estimate of drug-likeness (QED) is 0.899. The van der Waals surface area contributed by atoms with Crippen molar-refractivity contribution in [1.82, 2.24) is 10.2 Å². The van der Waals surface area contributed by atoms with Gasteiger partial charge in [-0.05, 0) is 45.6 Å². The monoisotopic (exact) mass is 290 g/mol. The lowest BCUT2D eigenvalue weighted by molar-refractivity contribution is 0.115. The molecule has 1 aromatic carbocycles. The van der Waals surface area contributed by atoms with Crippen molar-refractivity contribution in [2.24, 2.45) is 0 Å². The molecule has 0 saturated carbocycles. The minimum absolute atomic E-state index is 0.0681. The molecular weight excluding hydrogens is 264 g/mol. The van der Waals surface area contributed by atoms with E-state index in [4.69, 9.17) is 0 Å². The molecule has 3 atom stereocenters. The zero-order chi connectivity index (χ0) is 15.4. The summed E-state index contributed by atoms with van der Waals surface area (Å²) in [4.78, 5) is 14.2. The SMILES string of the molecule is Cc1cccc(C(O)CNC(=O)N2C(C)CCCC2C)c1. The van der Waals surface area contributed by atoms with Gasteiger partial charge in [-0.1, -0.05) is 29.8 Å². The number of amides is 2. The van der Waals surface area contributed by atoms with Gasteiger partial charge in [0.25, 0.3) is 0 Å². The minimum atomic E-state index is -0.663. The number of nitrogens with one attached hydrogen (secondary N) is 1. The highest BCUT2D eigenvalue weighted by Gasteiger charge is 2.28. The molecule has 4 heteroatoms. The van der Waals surface area contributed by atoms with E-state index in [1.54, 1.807) is 0 Å². The number of hydrogen-bond donors (Lipinski definition) is 2. The molecule has 116 valence electrons. The van der Waals surface area contributed by atoms with Gasteiger partial charge in [0.05, 0.1) is 6.10 Å². The Kier molecular flexibility index (Phi) is 5.23. The maximum Gasteiger partial charge on any atom is 0.317 e. The number of aliphatic hydroxyl groups is 1. The van der Waals surface area contributed by atoms with Crippen molar-refractivity contribution in [2.75, 3.05) is 6.54 Å². The Morgan fingerprint density at radius 1 is 1.38 bits per heavy atom. The largest absolute Gasteiger partial charge is 0.387 e. The summed E-state index contributed by atoms with van der Waals surface area (Å²) < 4.78 is 0. The molecule has 1 aliphatic heterocycles. The number of benzene rings is 1. The van der Waals surface area contributed by atoms with Crippen LogP contribution in [0.3, 0.4) is 0 Å². The molecular formula is C17H26N2O2. The van der Waals surface area contributed by atoms with Crippen LogP contribution in [-0.2, 0) is 0 Å². The van der Waals surface area contributed by atoms with E-state index in [1.807, 2.05) is 36.1 Å². The van der Waals surface area contributed by atoms with E-state index >= 15 is 0 Å². The first-order valence-electron chi connectivity index (χ1n) is 7.80. The Bertz CT molecular complexity index is 479. The Balaban J connectivity index is 1.91. The van der Waals surface area contributed by atoms with Crippen LogP contribution < -0.4 is 5.32 Å². The summed E-state index contributed by atoms with van der Waals surface area (Å²) in [6.07, 6.45) is 2.62. The van der Waals surface area contributed by atoms with Gasteiger partial charge in [-0.2, -0.15) is 0 Å². The summed E-state index contributed by atoms with van der Waals surface area (Å²) in [6.45, 7) is 6.42. The highest BCUT2D eigenvalue weighted by molar-refractivity contribution is 5.75. The van der Waals surface area contributed by atoms with Gasteiger partial charge in [-0.25, -0.2) is 4.79 Å². The van der Waals surface area contributed by atoms with Crippen LogP contribution in [0.5, 0.6) is 0 Å². The molecule has 1 saturated heterocycles. The molecule has 2 amide bonds. The molecule has 2 rings (SSSR count). The summed E-state index contributed by atoms with van der Waals surface area (Å²) in [7, 11) is 0.